The van der Waals surface area contributed by atoms with Gasteiger partial charge in [0.15, 0.2) is 0 Å². The van der Waals surface area contributed by atoms with Gasteiger partial charge in [0.1, 0.15) is 6.61 Å². The van der Waals surface area contributed by atoms with Crippen LogP contribution in [0.5, 0.6) is 0 Å². The van der Waals surface area contributed by atoms with Crippen LogP contribution in [0, 0.1) is 0 Å². The van der Waals surface area contributed by atoms with Crippen molar-refractivity contribution in [3.8, 4) is 0 Å². The highest BCUT2D eigenvalue weighted by atomic mass is 19.4. The lowest BCUT2D eigenvalue weighted by Crippen LogP contribution is -2.16. The Kier molecular flexibility index (Phi) is 4.11. The van der Waals surface area contributed by atoms with Crippen molar-refractivity contribution in [2.75, 3.05) is 6.61 Å². The van der Waals surface area contributed by atoms with Gasteiger partial charge >= 0.3 is 6.18 Å². The van der Waals surface area contributed by atoms with Crippen LogP contribution in [0.3, 0.4) is 0 Å². The van der Waals surface area contributed by atoms with E-state index in [0.29, 0.717) is 5.56 Å². The maximum atomic E-state index is 11.7. The summed E-state index contributed by atoms with van der Waals surface area (Å²) in [5.74, 6) is 0. The van der Waals surface area contributed by atoms with E-state index >= 15 is 0 Å². The average molecular weight is 220 g/mol. The van der Waals surface area contributed by atoms with Crippen molar-refractivity contribution in [2.45, 2.75) is 19.4 Å². The van der Waals surface area contributed by atoms with Crippen molar-refractivity contribution in [3.63, 3.8) is 0 Å². The molecule has 0 aliphatic heterocycles. The molecule has 0 saturated carbocycles. The van der Waals surface area contributed by atoms with Gasteiger partial charge in [-0.05, 0) is 11.1 Å². The molecule has 1 rings (SSSR count). The molecule has 0 atom stereocenters. The van der Waals surface area contributed by atoms with E-state index < -0.39 is 12.8 Å². The van der Waals surface area contributed by atoms with Crippen molar-refractivity contribution in [2.24, 2.45) is 0 Å². The van der Waals surface area contributed by atoms with Gasteiger partial charge in [-0.3, -0.25) is 0 Å². The monoisotopic (exact) mass is 220 g/mol. The number of benzene rings is 1. The molecule has 5 heteroatoms. The molecule has 1 N–H and O–H groups in total. The van der Waals surface area contributed by atoms with Gasteiger partial charge in [-0.2, -0.15) is 13.2 Å². The largest absolute Gasteiger partial charge is 0.411 e. The summed E-state index contributed by atoms with van der Waals surface area (Å²) in [6.45, 7) is -1.40. The molecule has 0 radical (unpaired) electrons. The van der Waals surface area contributed by atoms with E-state index in [1.807, 2.05) is 0 Å². The van der Waals surface area contributed by atoms with Gasteiger partial charge in [-0.25, -0.2) is 0 Å². The number of ether oxygens (including phenoxy) is 1. The van der Waals surface area contributed by atoms with E-state index in [1.165, 1.54) is 0 Å². The van der Waals surface area contributed by atoms with E-state index in [4.69, 9.17) is 5.11 Å². The van der Waals surface area contributed by atoms with Crippen LogP contribution in [0.15, 0.2) is 24.3 Å². The van der Waals surface area contributed by atoms with Crippen molar-refractivity contribution < 1.29 is 23.0 Å². The van der Waals surface area contributed by atoms with Crippen LogP contribution in [-0.2, 0) is 18.0 Å². The molecule has 0 fully saturated rings. The first-order chi connectivity index (χ1) is 7.01. The minimum atomic E-state index is -4.29. The normalized spacial score (nSPS) is 11.7. The van der Waals surface area contributed by atoms with Gasteiger partial charge in [-0.1, -0.05) is 24.3 Å². The lowest BCUT2D eigenvalue weighted by molar-refractivity contribution is -0.176. The lowest BCUT2D eigenvalue weighted by Gasteiger charge is -2.07. The number of hydrogen-bond donors (Lipinski definition) is 1. The molecular formula is C10H11F3O2. The highest BCUT2D eigenvalue weighted by Crippen LogP contribution is 2.15. The molecular weight excluding hydrogens is 209 g/mol. The number of aliphatic hydroxyl groups excluding tert-OH is 1. The highest BCUT2D eigenvalue weighted by molar-refractivity contribution is 5.21. The summed E-state index contributed by atoms with van der Waals surface area (Å²) in [4.78, 5) is 0. The second kappa shape index (κ2) is 5.14. The summed E-state index contributed by atoms with van der Waals surface area (Å²) >= 11 is 0. The Bertz CT molecular complexity index is 293. The first-order valence-electron chi connectivity index (χ1n) is 4.34. The Morgan fingerprint density at radius 1 is 1.07 bits per heavy atom. The van der Waals surface area contributed by atoms with Crippen molar-refractivity contribution >= 4 is 0 Å². The Morgan fingerprint density at radius 2 is 1.60 bits per heavy atom. The maximum Gasteiger partial charge on any atom is 0.411 e. The van der Waals surface area contributed by atoms with E-state index in [1.54, 1.807) is 24.3 Å². The minimum absolute atomic E-state index is 0.0782. The zero-order valence-electron chi connectivity index (χ0n) is 7.92. The second-order valence-electron chi connectivity index (χ2n) is 3.08. The molecule has 84 valence electrons. The zero-order valence-corrected chi connectivity index (χ0v) is 7.92. The van der Waals surface area contributed by atoms with Gasteiger partial charge in [0.05, 0.1) is 13.2 Å². The Balaban J connectivity index is 2.38. The Labute approximate surface area is 85.3 Å². The molecule has 0 bridgehead atoms. The number of aliphatic hydroxyl groups is 1. The third-order valence-corrected chi connectivity index (χ3v) is 1.74. The first kappa shape index (κ1) is 12.0. The average Bonchev–Trinajstić information content (AvgIpc) is 2.17. The lowest BCUT2D eigenvalue weighted by atomic mass is 10.1. The minimum Gasteiger partial charge on any atom is -0.392 e. The standard InChI is InChI=1S/C10H11F3O2/c11-10(12,13)7-15-6-9-3-1-8(5-14)2-4-9/h1-4,14H,5-7H2. The summed E-state index contributed by atoms with van der Waals surface area (Å²) in [5.41, 5.74) is 1.37. The van der Waals surface area contributed by atoms with Gasteiger partial charge in [0, 0.05) is 0 Å². The van der Waals surface area contributed by atoms with E-state index in [0.717, 1.165) is 5.56 Å². The molecule has 0 amide bonds. The van der Waals surface area contributed by atoms with Crippen molar-refractivity contribution in [1.82, 2.24) is 0 Å². The second-order valence-corrected chi connectivity index (χ2v) is 3.08. The summed E-state index contributed by atoms with van der Waals surface area (Å²) in [6.07, 6.45) is -4.29. The fourth-order valence-electron chi connectivity index (χ4n) is 1.03. The smallest absolute Gasteiger partial charge is 0.392 e. The number of hydrogen-bond acceptors (Lipinski definition) is 2. The topological polar surface area (TPSA) is 29.5 Å². The van der Waals surface area contributed by atoms with Crippen molar-refractivity contribution in [1.29, 1.82) is 0 Å². The van der Waals surface area contributed by atoms with Crippen LogP contribution in [0.2, 0.25) is 0 Å². The molecule has 15 heavy (non-hydrogen) atoms. The fraction of sp³-hybridized carbons (Fsp3) is 0.400. The van der Waals surface area contributed by atoms with Crippen LogP contribution >= 0.6 is 0 Å². The maximum absolute atomic E-state index is 11.7. The van der Waals surface area contributed by atoms with Gasteiger partial charge in [0.25, 0.3) is 0 Å². The van der Waals surface area contributed by atoms with Gasteiger partial charge < -0.3 is 9.84 Å². The predicted molar refractivity (Wildman–Crippen MR) is 48.1 cm³/mol. The summed E-state index contributed by atoms with van der Waals surface area (Å²) in [7, 11) is 0. The molecule has 1 aromatic carbocycles. The third kappa shape index (κ3) is 4.80. The molecule has 0 saturated heterocycles. The Hall–Kier alpha value is -1.07. The first-order valence-corrected chi connectivity index (χ1v) is 4.34. The summed E-state index contributed by atoms with van der Waals surface area (Å²) < 4.78 is 39.6. The Morgan fingerprint density at radius 3 is 2.07 bits per heavy atom. The van der Waals surface area contributed by atoms with Crippen LogP contribution < -0.4 is 0 Å². The highest BCUT2D eigenvalue weighted by Gasteiger charge is 2.27. The van der Waals surface area contributed by atoms with Crippen LogP contribution in [0.25, 0.3) is 0 Å². The fourth-order valence-corrected chi connectivity index (χ4v) is 1.03. The predicted octanol–water partition coefficient (Wildman–Crippen LogP) is 2.26. The molecule has 0 heterocycles. The zero-order chi connectivity index (χ0) is 11.3. The summed E-state index contributed by atoms with van der Waals surface area (Å²) in [6, 6.07) is 6.54. The molecule has 0 unspecified atom stereocenters. The third-order valence-electron chi connectivity index (χ3n) is 1.74. The molecule has 1 aromatic rings. The van der Waals surface area contributed by atoms with Crippen LogP contribution in [-0.4, -0.2) is 17.9 Å². The molecule has 0 spiro atoms. The molecule has 0 aliphatic rings. The molecule has 0 aliphatic carbocycles. The quantitative estimate of drug-likeness (QED) is 0.843. The summed E-state index contributed by atoms with van der Waals surface area (Å²) in [5, 5.41) is 8.73. The SMILES string of the molecule is OCc1ccc(COCC(F)(F)F)cc1. The molecule has 2 nitrogen and oxygen atoms in total. The van der Waals surface area contributed by atoms with E-state index in [9.17, 15) is 13.2 Å². The van der Waals surface area contributed by atoms with Gasteiger partial charge in [0.2, 0.25) is 0 Å². The van der Waals surface area contributed by atoms with E-state index in [-0.39, 0.29) is 13.2 Å². The van der Waals surface area contributed by atoms with E-state index in [2.05, 4.69) is 4.74 Å². The van der Waals surface area contributed by atoms with Crippen molar-refractivity contribution in [3.05, 3.63) is 35.4 Å². The number of halogens is 3. The van der Waals surface area contributed by atoms with Crippen LogP contribution in [0.4, 0.5) is 13.2 Å². The molecule has 0 aromatic heterocycles. The van der Waals surface area contributed by atoms with Gasteiger partial charge in [-0.15, -0.1) is 0 Å². The number of rotatable bonds is 4. The van der Waals surface area contributed by atoms with Crippen LogP contribution in [0.1, 0.15) is 11.1 Å². The number of alkyl halides is 3.